The summed E-state index contributed by atoms with van der Waals surface area (Å²) in [5, 5.41) is 2.18. The van der Waals surface area contributed by atoms with Gasteiger partial charge in [-0.15, -0.1) is 0 Å². The molecule has 0 bridgehead atoms. The number of hydrogen-bond acceptors (Lipinski definition) is 3. The van der Waals surface area contributed by atoms with Gasteiger partial charge in [0.1, 0.15) is 5.58 Å². The first kappa shape index (κ1) is 10.3. The van der Waals surface area contributed by atoms with Crippen molar-refractivity contribution >= 4 is 21.9 Å². The summed E-state index contributed by atoms with van der Waals surface area (Å²) in [5.74, 6) is 0. The van der Waals surface area contributed by atoms with Crippen molar-refractivity contribution in [2.24, 2.45) is 0 Å². The first-order valence-electron chi connectivity index (χ1n) is 6.10. The number of fused-ring (bicyclic) bond motifs is 3. The lowest BCUT2D eigenvalue weighted by Gasteiger charge is -2.00. The van der Waals surface area contributed by atoms with Crippen molar-refractivity contribution in [3.63, 3.8) is 0 Å². The maximum Gasteiger partial charge on any atom is 0.153 e. The first-order valence-corrected chi connectivity index (χ1v) is 6.10. The predicted molar refractivity (Wildman–Crippen MR) is 74.7 cm³/mol. The van der Waals surface area contributed by atoms with Gasteiger partial charge < -0.3 is 4.42 Å². The van der Waals surface area contributed by atoms with Gasteiger partial charge in [0, 0.05) is 28.7 Å². The van der Waals surface area contributed by atoms with Crippen molar-refractivity contribution < 1.29 is 4.42 Å². The molecule has 0 saturated heterocycles. The van der Waals surface area contributed by atoms with Gasteiger partial charge in [0.15, 0.2) is 5.58 Å². The molecule has 3 heteroatoms. The third-order valence-electron chi connectivity index (χ3n) is 3.24. The molecule has 0 aliphatic heterocycles. The molecule has 90 valence electrons. The van der Waals surface area contributed by atoms with Crippen LogP contribution in [0.5, 0.6) is 0 Å². The lowest BCUT2D eigenvalue weighted by Crippen LogP contribution is -1.81. The molecule has 19 heavy (non-hydrogen) atoms. The van der Waals surface area contributed by atoms with E-state index >= 15 is 0 Å². The highest BCUT2D eigenvalue weighted by Gasteiger charge is 2.11. The van der Waals surface area contributed by atoms with Crippen LogP contribution in [0.25, 0.3) is 33.2 Å². The van der Waals surface area contributed by atoms with Crippen LogP contribution in [0.2, 0.25) is 0 Å². The SMILES string of the molecule is c1ccc(-c2cccc3c2oc2cnccc23)nc1. The van der Waals surface area contributed by atoms with Gasteiger partial charge in [0.25, 0.3) is 0 Å². The molecule has 0 fully saturated rings. The normalized spacial score (nSPS) is 11.2. The Morgan fingerprint density at radius 3 is 2.74 bits per heavy atom. The molecule has 0 atom stereocenters. The number of benzene rings is 1. The minimum atomic E-state index is 0.806. The molecule has 3 aromatic heterocycles. The molecular weight excluding hydrogens is 236 g/mol. The molecular formula is C16H10N2O. The highest BCUT2D eigenvalue weighted by atomic mass is 16.3. The molecule has 0 N–H and O–H groups in total. The summed E-state index contributed by atoms with van der Waals surface area (Å²) in [6.07, 6.45) is 5.32. The average molecular weight is 246 g/mol. The number of nitrogens with zero attached hydrogens (tertiary/aromatic N) is 2. The van der Waals surface area contributed by atoms with Crippen LogP contribution in [-0.2, 0) is 0 Å². The third kappa shape index (κ3) is 1.52. The van der Waals surface area contributed by atoms with Gasteiger partial charge in [-0.25, -0.2) is 0 Å². The van der Waals surface area contributed by atoms with Crippen LogP contribution < -0.4 is 0 Å². The second-order valence-electron chi connectivity index (χ2n) is 4.37. The zero-order valence-electron chi connectivity index (χ0n) is 10.1. The number of rotatable bonds is 1. The fourth-order valence-electron chi connectivity index (χ4n) is 2.38. The van der Waals surface area contributed by atoms with E-state index in [4.69, 9.17) is 4.42 Å². The smallest absolute Gasteiger partial charge is 0.153 e. The van der Waals surface area contributed by atoms with Gasteiger partial charge in [-0.05, 0) is 24.3 Å². The van der Waals surface area contributed by atoms with Crippen LogP contribution in [0.15, 0.2) is 65.5 Å². The molecule has 0 radical (unpaired) electrons. The molecule has 1 aromatic carbocycles. The Hall–Kier alpha value is -2.68. The summed E-state index contributed by atoms with van der Waals surface area (Å²) in [4.78, 5) is 8.49. The Balaban J connectivity index is 2.13. The maximum atomic E-state index is 5.94. The molecule has 0 spiro atoms. The summed E-state index contributed by atoms with van der Waals surface area (Å²) in [5.41, 5.74) is 3.60. The Morgan fingerprint density at radius 1 is 0.842 bits per heavy atom. The molecule has 0 aliphatic carbocycles. The molecule has 0 amide bonds. The van der Waals surface area contributed by atoms with Crippen molar-refractivity contribution in [1.29, 1.82) is 0 Å². The third-order valence-corrected chi connectivity index (χ3v) is 3.24. The molecule has 3 nitrogen and oxygen atoms in total. The van der Waals surface area contributed by atoms with Gasteiger partial charge in [-0.1, -0.05) is 18.2 Å². The van der Waals surface area contributed by atoms with Crippen LogP contribution in [0.4, 0.5) is 0 Å². The van der Waals surface area contributed by atoms with E-state index in [1.807, 2.05) is 36.4 Å². The summed E-state index contributed by atoms with van der Waals surface area (Å²) in [7, 11) is 0. The topological polar surface area (TPSA) is 38.9 Å². The van der Waals surface area contributed by atoms with Crippen molar-refractivity contribution in [3.05, 3.63) is 61.1 Å². The number of aromatic nitrogens is 2. The Bertz CT molecular complexity index is 866. The number of para-hydroxylation sites is 1. The van der Waals surface area contributed by atoms with Crippen molar-refractivity contribution in [2.75, 3.05) is 0 Å². The monoisotopic (exact) mass is 246 g/mol. The Labute approximate surface area is 109 Å². The quantitative estimate of drug-likeness (QED) is 0.508. The Morgan fingerprint density at radius 2 is 1.84 bits per heavy atom. The van der Waals surface area contributed by atoms with E-state index < -0.39 is 0 Å². The average Bonchev–Trinajstić information content (AvgIpc) is 2.87. The summed E-state index contributed by atoms with van der Waals surface area (Å²) >= 11 is 0. The van der Waals surface area contributed by atoms with Crippen LogP contribution >= 0.6 is 0 Å². The Kier molecular flexibility index (Phi) is 2.12. The summed E-state index contributed by atoms with van der Waals surface area (Å²) < 4.78 is 5.94. The lowest BCUT2D eigenvalue weighted by molar-refractivity contribution is 0.668. The predicted octanol–water partition coefficient (Wildman–Crippen LogP) is 4.04. The number of furan rings is 1. The summed E-state index contributed by atoms with van der Waals surface area (Å²) in [6.45, 7) is 0. The van der Waals surface area contributed by atoms with Crippen LogP contribution in [0.1, 0.15) is 0 Å². The highest BCUT2D eigenvalue weighted by molar-refractivity contribution is 6.08. The van der Waals surface area contributed by atoms with E-state index in [-0.39, 0.29) is 0 Å². The second-order valence-corrected chi connectivity index (χ2v) is 4.37. The second kappa shape index (κ2) is 3.92. The van der Waals surface area contributed by atoms with Gasteiger partial charge in [0.2, 0.25) is 0 Å². The van der Waals surface area contributed by atoms with Crippen molar-refractivity contribution in [3.8, 4) is 11.3 Å². The fraction of sp³-hybridized carbons (Fsp3) is 0. The van der Waals surface area contributed by atoms with Crippen LogP contribution in [-0.4, -0.2) is 9.97 Å². The summed E-state index contributed by atoms with van der Waals surface area (Å²) in [6, 6.07) is 14.0. The molecule has 0 unspecified atom stereocenters. The molecule has 4 aromatic rings. The molecule has 4 rings (SSSR count). The van der Waals surface area contributed by atoms with Crippen LogP contribution in [0, 0.1) is 0 Å². The van der Waals surface area contributed by atoms with E-state index in [2.05, 4.69) is 16.0 Å². The lowest BCUT2D eigenvalue weighted by atomic mass is 10.1. The van der Waals surface area contributed by atoms with E-state index in [0.29, 0.717) is 0 Å². The van der Waals surface area contributed by atoms with E-state index in [1.165, 1.54) is 0 Å². The van der Waals surface area contributed by atoms with Gasteiger partial charge in [-0.3, -0.25) is 9.97 Å². The maximum absolute atomic E-state index is 5.94. The van der Waals surface area contributed by atoms with Gasteiger partial charge in [0.05, 0.1) is 11.9 Å². The van der Waals surface area contributed by atoms with Crippen molar-refractivity contribution in [1.82, 2.24) is 9.97 Å². The molecule has 0 saturated carbocycles. The zero-order valence-corrected chi connectivity index (χ0v) is 10.1. The molecule has 0 aliphatic rings. The highest BCUT2D eigenvalue weighted by Crippen LogP contribution is 2.34. The van der Waals surface area contributed by atoms with E-state index in [1.54, 1.807) is 18.6 Å². The minimum Gasteiger partial charge on any atom is -0.454 e. The van der Waals surface area contributed by atoms with E-state index in [0.717, 1.165) is 33.2 Å². The van der Waals surface area contributed by atoms with Gasteiger partial charge >= 0.3 is 0 Å². The van der Waals surface area contributed by atoms with Gasteiger partial charge in [-0.2, -0.15) is 0 Å². The zero-order chi connectivity index (χ0) is 12.7. The van der Waals surface area contributed by atoms with Crippen molar-refractivity contribution in [2.45, 2.75) is 0 Å². The number of hydrogen-bond donors (Lipinski definition) is 0. The van der Waals surface area contributed by atoms with Crippen LogP contribution in [0.3, 0.4) is 0 Å². The largest absolute Gasteiger partial charge is 0.454 e. The van der Waals surface area contributed by atoms with E-state index in [9.17, 15) is 0 Å². The first-order chi connectivity index (χ1) is 9.43. The fourth-order valence-corrected chi connectivity index (χ4v) is 2.38. The minimum absolute atomic E-state index is 0.806. The standard InChI is InChI=1S/C16H10N2O/c1-2-8-18-14(6-1)13-5-3-4-12-11-7-9-17-10-15(11)19-16(12)13/h1-10H. The molecule has 3 heterocycles. The number of pyridine rings is 2.